The Hall–Kier alpha value is -1.31. The lowest BCUT2D eigenvalue weighted by Gasteiger charge is -2.05. The first-order valence-electron chi connectivity index (χ1n) is 3.28. The Bertz CT molecular complexity index is 361. The van der Waals surface area contributed by atoms with Gasteiger partial charge in [-0.15, -0.1) is 0 Å². The van der Waals surface area contributed by atoms with E-state index in [9.17, 15) is 13.6 Å². The SMILES string of the molecule is NC(=O)c1nc(Br)cnc1OC(F)F. The molecule has 8 heteroatoms. The third-order valence-corrected chi connectivity index (χ3v) is 1.53. The van der Waals surface area contributed by atoms with Gasteiger partial charge in [-0.05, 0) is 15.9 Å². The highest BCUT2D eigenvalue weighted by atomic mass is 79.9. The van der Waals surface area contributed by atoms with Crippen LogP contribution in [0.1, 0.15) is 10.5 Å². The van der Waals surface area contributed by atoms with E-state index in [2.05, 4.69) is 30.6 Å². The van der Waals surface area contributed by atoms with Crippen LogP contribution < -0.4 is 10.5 Å². The van der Waals surface area contributed by atoms with E-state index >= 15 is 0 Å². The van der Waals surface area contributed by atoms with Gasteiger partial charge in [-0.1, -0.05) is 0 Å². The Morgan fingerprint density at radius 2 is 2.29 bits per heavy atom. The molecule has 0 saturated carbocycles. The number of nitrogens with zero attached hydrogens (tertiary/aromatic N) is 2. The minimum absolute atomic E-state index is 0.202. The maximum Gasteiger partial charge on any atom is 0.388 e. The van der Waals surface area contributed by atoms with Crippen LogP contribution in [0.15, 0.2) is 10.8 Å². The fraction of sp³-hybridized carbons (Fsp3) is 0.167. The summed E-state index contributed by atoms with van der Waals surface area (Å²) in [5, 5.41) is 0. The van der Waals surface area contributed by atoms with Gasteiger partial charge in [0.25, 0.3) is 11.8 Å². The third kappa shape index (κ3) is 2.59. The van der Waals surface area contributed by atoms with Crippen molar-refractivity contribution in [3.8, 4) is 5.88 Å². The highest BCUT2D eigenvalue weighted by Gasteiger charge is 2.17. The number of carbonyl (C=O) groups is 1. The van der Waals surface area contributed by atoms with Crippen molar-refractivity contribution < 1.29 is 18.3 Å². The number of rotatable bonds is 3. The largest absolute Gasteiger partial charge is 0.414 e. The number of amides is 1. The zero-order valence-corrected chi connectivity index (χ0v) is 8.16. The van der Waals surface area contributed by atoms with Crippen LogP contribution in [0, 0.1) is 0 Å². The molecule has 0 aliphatic carbocycles. The van der Waals surface area contributed by atoms with Gasteiger partial charge in [0.2, 0.25) is 0 Å². The lowest BCUT2D eigenvalue weighted by atomic mass is 10.4. The summed E-state index contributed by atoms with van der Waals surface area (Å²) in [5.74, 6) is -1.58. The van der Waals surface area contributed by atoms with Crippen LogP contribution in [0.4, 0.5) is 8.78 Å². The van der Waals surface area contributed by atoms with Crippen LogP contribution >= 0.6 is 15.9 Å². The molecule has 0 aliphatic rings. The topological polar surface area (TPSA) is 78.1 Å². The highest BCUT2D eigenvalue weighted by molar-refractivity contribution is 9.10. The second-order valence-electron chi connectivity index (χ2n) is 2.09. The van der Waals surface area contributed by atoms with Crippen LogP contribution in [-0.4, -0.2) is 22.5 Å². The van der Waals surface area contributed by atoms with E-state index in [4.69, 9.17) is 5.73 Å². The first kappa shape index (κ1) is 10.8. The molecule has 0 spiro atoms. The Morgan fingerprint density at radius 3 is 2.79 bits per heavy atom. The summed E-state index contributed by atoms with van der Waals surface area (Å²) in [5.41, 5.74) is 4.43. The van der Waals surface area contributed by atoms with Crippen LogP contribution in [0.3, 0.4) is 0 Å². The number of alkyl halides is 2. The Balaban J connectivity index is 3.08. The molecule has 1 aromatic rings. The van der Waals surface area contributed by atoms with E-state index in [-0.39, 0.29) is 4.60 Å². The molecule has 0 saturated heterocycles. The normalized spacial score (nSPS) is 10.3. The van der Waals surface area contributed by atoms with Gasteiger partial charge in [0.1, 0.15) is 4.60 Å². The lowest BCUT2D eigenvalue weighted by molar-refractivity contribution is -0.0534. The molecular weight excluding hydrogens is 264 g/mol. The fourth-order valence-corrected chi connectivity index (χ4v) is 0.967. The zero-order valence-electron chi connectivity index (χ0n) is 6.58. The number of nitrogens with two attached hydrogens (primary N) is 1. The summed E-state index contributed by atoms with van der Waals surface area (Å²) in [6, 6.07) is 0. The number of hydrogen-bond acceptors (Lipinski definition) is 4. The quantitative estimate of drug-likeness (QED) is 0.884. The molecular formula is C6H4BrF2N3O2. The van der Waals surface area contributed by atoms with Gasteiger partial charge in [0.15, 0.2) is 5.69 Å². The van der Waals surface area contributed by atoms with Crippen molar-refractivity contribution in [1.29, 1.82) is 0 Å². The number of primary amides is 1. The van der Waals surface area contributed by atoms with Crippen molar-refractivity contribution >= 4 is 21.8 Å². The smallest absolute Gasteiger partial charge is 0.388 e. The molecule has 0 radical (unpaired) electrons. The minimum atomic E-state index is -3.08. The van der Waals surface area contributed by atoms with Crippen LogP contribution in [0.25, 0.3) is 0 Å². The standard InChI is InChI=1S/C6H4BrF2N3O2/c7-2-1-11-5(14-6(8)9)3(12-2)4(10)13/h1,6H,(H2,10,13). The maximum absolute atomic E-state index is 11.8. The maximum atomic E-state index is 11.8. The molecule has 2 N–H and O–H groups in total. The molecule has 1 amide bonds. The number of carbonyl (C=O) groups excluding carboxylic acids is 1. The van der Waals surface area contributed by atoms with Gasteiger partial charge < -0.3 is 10.5 Å². The fourth-order valence-electron chi connectivity index (χ4n) is 0.688. The average molecular weight is 268 g/mol. The summed E-state index contributed by atoms with van der Waals surface area (Å²) >= 11 is 2.91. The molecule has 0 bridgehead atoms. The number of halogens is 3. The second-order valence-corrected chi connectivity index (χ2v) is 2.90. The lowest BCUT2D eigenvalue weighted by Crippen LogP contribution is -2.17. The molecule has 0 aliphatic heterocycles. The van der Waals surface area contributed by atoms with E-state index in [0.717, 1.165) is 6.20 Å². The van der Waals surface area contributed by atoms with E-state index in [1.807, 2.05) is 0 Å². The highest BCUT2D eigenvalue weighted by Crippen LogP contribution is 2.17. The molecule has 1 rings (SSSR count). The number of ether oxygens (including phenoxy) is 1. The Morgan fingerprint density at radius 1 is 1.64 bits per heavy atom. The van der Waals surface area contributed by atoms with E-state index < -0.39 is 24.1 Å². The van der Waals surface area contributed by atoms with E-state index in [1.165, 1.54) is 0 Å². The second kappa shape index (κ2) is 4.27. The third-order valence-electron chi connectivity index (χ3n) is 1.14. The van der Waals surface area contributed by atoms with Gasteiger partial charge >= 0.3 is 6.61 Å². The van der Waals surface area contributed by atoms with Gasteiger partial charge in [0, 0.05) is 0 Å². The molecule has 1 aromatic heterocycles. The van der Waals surface area contributed by atoms with Crippen molar-refractivity contribution in [2.24, 2.45) is 5.73 Å². The zero-order chi connectivity index (χ0) is 10.7. The van der Waals surface area contributed by atoms with E-state index in [1.54, 1.807) is 0 Å². The van der Waals surface area contributed by atoms with Crippen LogP contribution in [0.5, 0.6) is 5.88 Å². The summed E-state index contributed by atoms with van der Waals surface area (Å²) in [4.78, 5) is 17.7. The summed E-state index contributed by atoms with van der Waals surface area (Å²) in [7, 11) is 0. The Kier molecular flexibility index (Phi) is 3.28. The summed E-state index contributed by atoms with van der Waals surface area (Å²) in [6.07, 6.45) is 1.12. The molecule has 5 nitrogen and oxygen atoms in total. The van der Waals surface area contributed by atoms with Gasteiger partial charge in [-0.3, -0.25) is 4.79 Å². The summed E-state index contributed by atoms with van der Waals surface area (Å²) < 4.78 is 27.8. The van der Waals surface area contributed by atoms with Gasteiger partial charge in [0.05, 0.1) is 6.20 Å². The molecule has 14 heavy (non-hydrogen) atoms. The molecule has 0 aromatic carbocycles. The molecule has 0 unspecified atom stereocenters. The minimum Gasteiger partial charge on any atom is -0.414 e. The average Bonchev–Trinajstić information content (AvgIpc) is 2.07. The predicted molar refractivity (Wildman–Crippen MR) is 44.9 cm³/mol. The van der Waals surface area contributed by atoms with Crippen LogP contribution in [-0.2, 0) is 0 Å². The molecule has 76 valence electrons. The van der Waals surface area contributed by atoms with Crippen molar-refractivity contribution in [3.05, 3.63) is 16.5 Å². The van der Waals surface area contributed by atoms with Gasteiger partial charge in [-0.25, -0.2) is 9.97 Å². The monoisotopic (exact) mass is 267 g/mol. The van der Waals surface area contributed by atoms with E-state index in [0.29, 0.717) is 0 Å². The first-order valence-corrected chi connectivity index (χ1v) is 4.07. The van der Waals surface area contributed by atoms with Crippen molar-refractivity contribution in [2.75, 3.05) is 0 Å². The molecule has 0 atom stereocenters. The first-order chi connectivity index (χ1) is 6.50. The van der Waals surface area contributed by atoms with Crippen molar-refractivity contribution in [2.45, 2.75) is 6.61 Å². The summed E-state index contributed by atoms with van der Waals surface area (Å²) in [6.45, 7) is -3.08. The number of hydrogen-bond donors (Lipinski definition) is 1. The van der Waals surface area contributed by atoms with Crippen molar-refractivity contribution in [1.82, 2.24) is 9.97 Å². The van der Waals surface area contributed by atoms with Crippen LogP contribution in [0.2, 0.25) is 0 Å². The molecule has 0 fully saturated rings. The number of aromatic nitrogens is 2. The predicted octanol–water partition coefficient (Wildman–Crippen LogP) is 0.939. The van der Waals surface area contributed by atoms with Crippen molar-refractivity contribution in [3.63, 3.8) is 0 Å². The van der Waals surface area contributed by atoms with Gasteiger partial charge in [-0.2, -0.15) is 8.78 Å². The Labute approximate surface area is 85.4 Å². The molecule has 1 heterocycles.